The minimum atomic E-state index is -4.74. The SMILES string of the molecule is CC[P+](CC)(CC)CC.CC[P+](CC)(CC)CC.O=S(=O)([O-])c1cccc2c(S(=O)(=O)[O-])cccc12. The Morgan fingerprint density at radius 2 is 0.722 bits per heavy atom. The van der Waals surface area contributed by atoms with Crippen molar-refractivity contribution in [3.05, 3.63) is 36.4 Å². The molecule has 0 saturated heterocycles. The molecular weight excluding hydrogens is 534 g/mol. The second-order valence-electron chi connectivity index (χ2n) is 8.73. The summed E-state index contributed by atoms with van der Waals surface area (Å²) in [6, 6.07) is 7.09. The molecule has 0 spiro atoms. The largest absolute Gasteiger partial charge is 0.744 e. The van der Waals surface area contributed by atoms with Gasteiger partial charge in [-0.2, -0.15) is 0 Å². The zero-order valence-corrected chi connectivity index (χ0v) is 26.7. The summed E-state index contributed by atoms with van der Waals surface area (Å²) < 4.78 is 66.1. The fraction of sp³-hybridized carbons (Fsp3) is 0.615. The Hall–Kier alpha value is -0.620. The lowest BCUT2D eigenvalue weighted by molar-refractivity contribution is 0.461. The molecule has 0 aliphatic heterocycles. The molecule has 2 aromatic rings. The lowest BCUT2D eigenvalue weighted by Crippen LogP contribution is -2.04. The fourth-order valence-electron chi connectivity index (χ4n) is 4.37. The predicted octanol–water partition coefficient (Wildman–Crippen LogP) is 6.82. The van der Waals surface area contributed by atoms with E-state index in [1.807, 2.05) is 0 Å². The van der Waals surface area contributed by atoms with Crippen molar-refractivity contribution < 1.29 is 25.9 Å². The third kappa shape index (κ3) is 9.93. The Kier molecular flexibility index (Phi) is 15.4. The average molecular weight is 581 g/mol. The zero-order valence-electron chi connectivity index (χ0n) is 23.3. The van der Waals surface area contributed by atoms with Gasteiger partial charge < -0.3 is 9.11 Å². The van der Waals surface area contributed by atoms with Crippen molar-refractivity contribution in [1.82, 2.24) is 0 Å². The van der Waals surface area contributed by atoms with Gasteiger partial charge >= 0.3 is 0 Å². The summed E-state index contributed by atoms with van der Waals surface area (Å²) in [6.45, 7) is 18.8. The van der Waals surface area contributed by atoms with E-state index in [2.05, 4.69) is 55.4 Å². The molecular formula is C26H46O6P2S2. The smallest absolute Gasteiger partial charge is 0.125 e. The molecule has 2 aromatic carbocycles. The van der Waals surface area contributed by atoms with E-state index < -0.39 is 44.6 Å². The van der Waals surface area contributed by atoms with E-state index in [-0.39, 0.29) is 10.8 Å². The molecule has 0 aliphatic rings. The quantitative estimate of drug-likeness (QED) is 0.225. The van der Waals surface area contributed by atoms with E-state index in [0.29, 0.717) is 0 Å². The third-order valence-electron chi connectivity index (χ3n) is 7.75. The minimum Gasteiger partial charge on any atom is -0.744 e. The Morgan fingerprint density at radius 1 is 0.500 bits per heavy atom. The number of rotatable bonds is 10. The van der Waals surface area contributed by atoms with Crippen LogP contribution in [0.15, 0.2) is 46.2 Å². The zero-order chi connectivity index (χ0) is 28.2. The maximum absolute atomic E-state index is 11.0. The molecule has 2 rings (SSSR count). The van der Waals surface area contributed by atoms with Gasteiger partial charge in [0.2, 0.25) is 0 Å². The van der Waals surface area contributed by atoms with Gasteiger partial charge in [0.1, 0.15) is 20.2 Å². The van der Waals surface area contributed by atoms with E-state index >= 15 is 0 Å². The van der Waals surface area contributed by atoms with Crippen LogP contribution in [0.1, 0.15) is 55.4 Å². The molecule has 0 radical (unpaired) electrons. The third-order valence-corrected chi connectivity index (χ3v) is 20.3. The van der Waals surface area contributed by atoms with Gasteiger partial charge in [0, 0.05) is 25.3 Å². The van der Waals surface area contributed by atoms with Crippen LogP contribution in [-0.4, -0.2) is 75.2 Å². The second kappa shape index (κ2) is 15.7. The normalized spacial score (nSPS) is 12.4. The van der Waals surface area contributed by atoms with Crippen molar-refractivity contribution in [2.24, 2.45) is 0 Å². The number of hydrogen-bond donors (Lipinski definition) is 0. The molecule has 0 atom stereocenters. The topological polar surface area (TPSA) is 114 Å². The monoisotopic (exact) mass is 580 g/mol. The summed E-state index contributed by atoms with van der Waals surface area (Å²) in [4.78, 5) is -1.10. The van der Waals surface area contributed by atoms with Crippen LogP contribution in [0.5, 0.6) is 0 Å². The van der Waals surface area contributed by atoms with Gasteiger partial charge in [-0.1, -0.05) is 24.3 Å². The molecule has 36 heavy (non-hydrogen) atoms. The molecule has 0 heterocycles. The summed E-state index contributed by atoms with van der Waals surface area (Å²) in [7, 11) is -10.3. The van der Waals surface area contributed by atoms with E-state index in [4.69, 9.17) is 0 Å². The van der Waals surface area contributed by atoms with Crippen molar-refractivity contribution in [2.75, 3.05) is 49.3 Å². The van der Waals surface area contributed by atoms with Gasteiger partial charge in [0.15, 0.2) is 0 Å². The summed E-state index contributed by atoms with van der Waals surface area (Å²) in [5.74, 6) is 0. The maximum atomic E-state index is 11.0. The maximum Gasteiger partial charge on any atom is 0.125 e. The van der Waals surface area contributed by atoms with Gasteiger partial charge in [-0.05, 0) is 67.5 Å². The van der Waals surface area contributed by atoms with Crippen LogP contribution >= 0.6 is 14.5 Å². The summed E-state index contributed by atoms with van der Waals surface area (Å²) in [5.41, 5.74) is 0. The Bertz CT molecular complexity index is 1010. The first-order valence-electron chi connectivity index (χ1n) is 12.8. The molecule has 10 heteroatoms. The van der Waals surface area contributed by atoms with Crippen LogP contribution in [0.3, 0.4) is 0 Å². The Labute approximate surface area is 221 Å². The second-order valence-corrected chi connectivity index (χ2v) is 21.9. The van der Waals surface area contributed by atoms with Crippen molar-refractivity contribution in [2.45, 2.75) is 65.2 Å². The van der Waals surface area contributed by atoms with E-state index in [9.17, 15) is 25.9 Å². The summed E-state index contributed by atoms with van der Waals surface area (Å²) >= 11 is 0. The fourth-order valence-corrected chi connectivity index (χ4v) is 11.1. The number of hydrogen-bond acceptors (Lipinski definition) is 6. The van der Waals surface area contributed by atoms with Crippen molar-refractivity contribution in [3.8, 4) is 0 Å². The van der Waals surface area contributed by atoms with Gasteiger partial charge in [-0.3, -0.25) is 0 Å². The molecule has 0 amide bonds. The number of fused-ring (bicyclic) bond motifs is 1. The summed E-state index contributed by atoms with van der Waals surface area (Å²) in [5, 5.41) is -0.158. The van der Waals surface area contributed by atoms with Gasteiger partial charge in [0.05, 0.1) is 59.1 Å². The summed E-state index contributed by atoms with van der Waals surface area (Å²) in [6.07, 6.45) is 11.6. The molecule has 0 bridgehead atoms. The van der Waals surface area contributed by atoms with Gasteiger partial charge in [0.25, 0.3) is 0 Å². The van der Waals surface area contributed by atoms with E-state index in [0.717, 1.165) is 12.1 Å². The molecule has 208 valence electrons. The lowest BCUT2D eigenvalue weighted by atomic mass is 10.1. The molecule has 0 unspecified atom stereocenters. The molecule has 0 fully saturated rings. The van der Waals surface area contributed by atoms with Gasteiger partial charge in [-0.15, -0.1) is 0 Å². The number of benzene rings is 2. The van der Waals surface area contributed by atoms with Crippen LogP contribution in [0.4, 0.5) is 0 Å². The lowest BCUT2D eigenvalue weighted by Gasteiger charge is -2.20. The van der Waals surface area contributed by atoms with Gasteiger partial charge in [-0.25, -0.2) is 16.8 Å². The van der Waals surface area contributed by atoms with E-state index in [1.165, 1.54) is 73.6 Å². The van der Waals surface area contributed by atoms with Crippen LogP contribution < -0.4 is 0 Å². The first kappa shape index (κ1) is 35.4. The Balaban J connectivity index is 0.000000577. The van der Waals surface area contributed by atoms with Crippen LogP contribution in [0, 0.1) is 0 Å². The molecule has 6 nitrogen and oxygen atoms in total. The van der Waals surface area contributed by atoms with Crippen LogP contribution in [0.2, 0.25) is 0 Å². The average Bonchev–Trinajstić information content (AvgIpc) is 2.86. The first-order valence-corrected chi connectivity index (χ1v) is 20.7. The highest BCUT2D eigenvalue weighted by molar-refractivity contribution is 7.86. The Morgan fingerprint density at radius 3 is 0.861 bits per heavy atom. The molecule has 0 N–H and O–H groups in total. The predicted molar refractivity (Wildman–Crippen MR) is 158 cm³/mol. The van der Waals surface area contributed by atoms with Crippen molar-refractivity contribution in [1.29, 1.82) is 0 Å². The van der Waals surface area contributed by atoms with Crippen LogP contribution in [-0.2, 0) is 20.2 Å². The minimum absolute atomic E-state index is 0.0792. The molecule has 0 saturated carbocycles. The first-order chi connectivity index (χ1) is 16.7. The van der Waals surface area contributed by atoms with E-state index in [1.54, 1.807) is 0 Å². The highest BCUT2D eigenvalue weighted by Crippen LogP contribution is 2.57. The highest BCUT2D eigenvalue weighted by Gasteiger charge is 2.28. The van der Waals surface area contributed by atoms with Crippen molar-refractivity contribution >= 4 is 45.5 Å². The van der Waals surface area contributed by atoms with Crippen LogP contribution in [0.25, 0.3) is 10.8 Å². The molecule has 0 aliphatic carbocycles. The van der Waals surface area contributed by atoms with Crippen molar-refractivity contribution in [3.63, 3.8) is 0 Å². The highest BCUT2D eigenvalue weighted by atomic mass is 32.2. The molecule has 0 aromatic heterocycles. The standard InChI is InChI=1S/C10H8O6S2.2C8H20P/c11-17(12,13)9-5-1-3-7-8(9)4-2-6-10(7)18(14,15)16;2*1-5-9(6-2,7-3)8-4/h1-6H,(H,11,12,13)(H,14,15,16);2*5-8H2,1-4H3/q;2*+1/p-2.